The molecule has 1 aliphatic rings. The lowest BCUT2D eigenvalue weighted by Gasteiger charge is -2.43. The van der Waals surface area contributed by atoms with E-state index < -0.39 is 58.5 Å². The van der Waals surface area contributed by atoms with E-state index >= 15 is 0 Å². The lowest BCUT2D eigenvalue weighted by molar-refractivity contribution is -0.146. The summed E-state index contributed by atoms with van der Waals surface area (Å²) in [5, 5.41) is 9.72. The van der Waals surface area contributed by atoms with Crippen molar-refractivity contribution in [3.05, 3.63) is 106 Å². The van der Waals surface area contributed by atoms with Crippen LogP contribution in [0.4, 0.5) is 30.7 Å². The lowest BCUT2D eigenvalue weighted by Crippen LogP contribution is -2.42. The highest BCUT2D eigenvalue weighted by atomic mass is 19.4. The van der Waals surface area contributed by atoms with Gasteiger partial charge in [0.15, 0.2) is 0 Å². The molecule has 0 radical (unpaired) electrons. The zero-order chi connectivity index (χ0) is 27.0. The van der Waals surface area contributed by atoms with Crippen LogP contribution >= 0.6 is 0 Å². The maximum absolute atomic E-state index is 14.2. The number of aromatic carboxylic acids is 1. The number of ether oxygens (including phenoxy) is 1. The van der Waals surface area contributed by atoms with Crippen molar-refractivity contribution in [1.29, 1.82) is 0 Å². The maximum Gasteiger partial charge on any atom is 0.416 e. The quantitative estimate of drug-likeness (QED) is 0.368. The summed E-state index contributed by atoms with van der Waals surface area (Å²) < 4.78 is 102. The lowest BCUT2D eigenvalue weighted by atomic mass is 9.85. The molecule has 1 aliphatic heterocycles. The summed E-state index contributed by atoms with van der Waals surface area (Å²) in [6.45, 7) is 0.317. The van der Waals surface area contributed by atoms with Crippen LogP contribution < -0.4 is 0 Å². The SMILES string of the molecule is O=C(O)c1cc(C(F)(F)F)cc(C(F)(F)F)c1[C@H]1OCCN(Cc2ccccc2)[C@H]1c1ccc(F)cc1. The molecule has 3 aromatic rings. The van der Waals surface area contributed by atoms with Crippen molar-refractivity contribution in [3.8, 4) is 0 Å². The highest BCUT2D eigenvalue weighted by Crippen LogP contribution is 2.48. The molecule has 4 rings (SSSR count). The Balaban J connectivity index is 1.94. The van der Waals surface area contributed by atoms with E-state index in [1.54, 1.807) is 35.2 Å². The number of nitrogens with zero attached hydrogens (tertiary/aromatic N) is 1. The van der Waals surface area contributed by atoms with Crippen molar-refractivity contribution in [2.45, 2.75) is 31.0 Å². The van der Waals surface area contributed by atoms with Crippen molar-refractivity contribution in [2.24, 2.45) is 0 Å². The molecule has 0 amide bonds. The van der Waals surface area contributed by atoms with Gasteiger partial charge in [0.2, 0.25) is 0 Å². The number of carboxylic acids is 1. The predicted octanol–water partition coefficient (Wildman–Crippen LogP) is 6.88. The molecule has 196 valence electrons. The second-order valence-corrected chi connectivity index (χ2v) is 8.53. The molecule has 0 aliphatic carbocycles. The molecule has 1 N–H and O–H groups in total. The highest BCUT2D eigenvalue weighted by Gasteiger charge is 2.46. The molecular formula is C26H20F7NO3. The molecule has 3 aromatic carbocycles. The van der Waals surface area contributed by atoms with Gasteiger partial charge in [-0.05, 0) is 35.4 Å². The van der Waals surface area contributed by atoms with Crippen LogP contribution in [0.15, 0.2) is 66.7 Å². The van der Waals surface area contributed by atoms with E-state index in [-0.39, 0.29) is 31.8 Å². The van der Waals surface area contributed by atoms with Crippen molar-refractivity contribution in [3.63, 3.8) is 0 Å². The summed E-state index contributed by atoms with van der Waals surface area (Å²) in [5.74, 6) is -2.57. The van der Waals surface area contributed by atoms with Crippen molar-refractivity contribution in [2.75, 3.05) is 13.2 Å². The van der Waals surface area contributed by atoms with Crippen LogP contribution in [0.2, 0.25) is 0 Å². The third-order valence-corrected chi connectivity index (χ3v) is 6.12. The van der Waals surface area contributed by atoms with E-state index in [0.29, 0.717) is 5.56 Å². The summed E-state index contributed by atoms with van der Waals surface area (Å²) in [6, 6.07) is 12.8. The monoisotopic (exact) mass is 527 g/mol. The van der Waals surface area contributed by atoms with Gasteiger partial charge in [0.1, 0.15) is 11.9 Å². The second kappa shape index (κ2) is 10.1. The molecule has 0 aromatic heterocycles. The fourth-order valence-corrected chi connectivity index (χ4v) is 4.54. The number of benzene rings is 3. The Morgan fingerprint density at radius 1 is 0.946 bits per heavy atom. The minimum atomic E-state index is -5.32. The van der Waals surface area contributed by atoms with Gasteiger partial charge >= 0.3 is 18.3 Å². The number of rotatable bonds is 5. The Hall–Kier alpha value is -3.44. The molecule has 0 bridgehead atoms. The van der Waals surface area contributed by atoms with Crippen LogP contribution in [-0.4, -0.2) is 29.1 Å². The number of alkyl halides is 6. The smallest absolute Gasteiger partial charge is 0.416 e. The first kappa shape index (κ1) is 26.6. The summed E-state index contributed by atoms with van der Waals surface area (Å²) in [6.07, 6.45) is -12.2. The molecule has 37 heavy (non-hydrogen) atoms. The first-order valence-electron chi connectivity index (χ1n) is 11.1. The van der Waals surface area contributed by atoms with Crippen molar-refractivity contribution < 1.29 is 45.4 Å². The summed E-state index contributed by atoms with van der Waals surface area (Å²) in [7, 11) is 0. The zero-order valence-electron chi connectivity index (χ0n) is 19.0. The van der Waals surface area contributed by atoms with Crippen LogP contribution in [0.3, 0.4) is 0 Å². The Kier molecular flexibility index (Phi) is 7.29. The Morgan fingerprint density at radius 2 is 1.59 bits per heavy atom. The molecule has 0 unspecified atom stereocenters. The number of hydrogen-bond donors (Lipinski definition) is 1. The highest BCUT2D eigenvalue weighted by molar-refractivity contribution is 5.90. The predicted molar refractivity (Wildman–Crippen MR) is 118 cm³/mol. The van der Waals surface area contributed by atoms with Crippen molar-refractivity contribution in [1.82, 2.24) is 4.90 Å². The summed E-state index contributed by atoms with van der Waals surface area (Å²) in [4.78, 5) is 13.8. The number of carbonyl (C=O) groups is 1. The Labute approximate surface area is 206 Å². The van der Waals surface area contributed by atoms with Gasteiger partial charge in [-0.15, -0.1) is 0 Å². The molecule has 4 nitrogen and oxygen atoms in total. The molecule has 0 saturated carbocycles. The van der Waals surface area contributed by atoms with Crippen LogP contribution in [0.1, 0.15) is 50.3 Å². The molecular weight excluding hydrogens is 507 g/mol. The largest absolute Gasteiger partial charge is 0.478 e. The van der Waals surface area contributed by atoms with Crippen LogP contribution in [0.25, 0.3) is 0 Å². The average molecular weight is 527 g/mol. The van der Waals surface area contributed by atoms with Crippen molar-refractivity contribution >= 4 is 5.97 Å². The number of morpholine rings is 1. The van der Waals surface area contributed by atoms with E-state index in [4.69, 9.17) is 4.74 Å². The van der Waals surface area contributed by atoms with E-state index in [1.807, 2.05) is 0 Å². The first-order valence-corrected chi connectivity index (χ1v) is 11.1. The van der Waals surface area contributed by atoms with E-state index in [0.717, 1.165) is 17.7 Å². The van der Waals surface area contributed by atoms with Gasteiger partial charge in [-0.1, -0.05) is 42.5 Å². The minimum absolute atomic E-state index is 0.0942. The first-order chi connectivity index (χ1) is 17.4. The zero-order valence-corrected chi connectivity index (χ0v) is 19.0. The van der Waals surface area contributed by atoms with E-state index in [9.17, 15) is 40.6 Å². The summed E-state index contributed by atoms with van der Waals surface area (Å²) >= 11 is 0. The molecule has 0 spiro atoms. The molecule has 11 heteroatoms. The van der Waals surface area contributed by atoms with E-state index in [1.165, 1.54) is 12.1 Å². The third kappa shape index (κ3) is 5.78. The average Bonchev–Trinajstić information content (AvgIpc) is 2.83. The van der Waals surface area contributed by atoms with Crippen LogP contribution in [-0.2, 0) is 23.6 Å². The number of halogens is 7. The van der Waals surface area contributed by atoms with Gasteiger partial charge in [-0.25, -0.2) is 9.18 Å². The van der Waals surface area contributed by atoms with Gasteiger partial charge < -0.3 is 9.84 Å². The fraction of sp³-hybridized carbons (Fsp3) is 0.269. The standard InChI is InChI=1S/C26H20F7NO3/c27-18-8-6-16(7-9-18)22-23(37-11-10-34(22)14-15-4-2-1-3-5-15)21-19(24(35)36)12-17(25(28,29)30)13-20(21)26(31,32)33/h1-9,12-13,22-23H,10-11,14H2,(H,35,36)/t22-,23+/m0/s1. The van der Waals surface area contributed by atoms with E-state index in [2.05, 4.69) is 0 Å². The fourth-order valence-electron chi connectivity index (χ4n) is 4.54. The molecule has 2 atom stereocenters. The molecule has 1 fully saturated rings. The van der Waals surface area contributed by atoms with Crippen LogP contribution in [0, 0.1) is 5.82 Å². The van der Waals surface area contributed by atoms with Gasteiger partial charge in [0.05, 0.1) is 29.3 Å². The Bertz CT molecular complexity index is 1260. The second-order valence-electron chi connectivity index (χ2n) is 8.53. The van der Waals surface area contributed by atoms with Crippen LogP contribution in [0.5, 0.6) is 0 Å². The number of carboxylic acid groups (broad SMARTS) is 1. The normalized spacial score (nSPS) is 19.1. The summed E-state index contributed by atoms with van der Waals surface area (Å²) in [5.41, 5.74) is -4.47. The molecule has 1 heterocycles. The molecule has 1 saturated heterocycles. The van der Waals surface area contributed by atoms with Gasteiger partial charge in [0, 0.05) is 18.7 Å². The maximum atomic E-state index is 14.2. The van der Waals surface area contributed by atoms with Gasteiger partial charge in [-0.3, -0.25) is 4.90 Å². The topological polar surface area (TPSA) is 49.8 Å². The Morgan fingerprint density at radius 3 is 2.16 bits per heavy atom. The van der Waals surface area contributed by atoms with Gasteiger partial charge in [-0.2, -0.15) is 26.3 Å². The third-order valence-electron chi connectivity index (χ3n) is 6.12. The minimum Gasteiger partial charge on any atom is -0.478 e. The van der Waals surface area contributed by atoms with Gasteiger partial charge in [0.25, 0.3) is 0 Å². The number of hydrogen-bond acceptors (Lipinski definition) is 3.